The number of nitrogens with one attached hydrogen (secondary N) is 1. The van der Waals surface area contributed by atoms with Crippen LogP contribution < -0.4 is 15.8 Å². The highest BCUT2D eigenvalue weighted by atomic mass is 16.5. The van der Waals surface area contributed by atoms with E-state index in [9.17, 15) is 0 Å². The van der Waals surface area contributed by atoms with Crippen molar-refractivity contribution in [3.05, 3.63) is 42.0 Å². The van der Waals surface area contributed by atoms with Gasteiger partial charge in [0.1, 0.15) is 5.75 Å². The Hall–Kier alpha value is -1.58. The summed E-state index contributed by atoms with van der Waals surface area (Å²) in [6.07, 6.45) is 2.56. The van der Waals surface area contributed by atoms with E-state index in [-0.39, 0.29) is 6.04 Å². The van der Waals surface area contributed by atoms with Gasteiger partial charge in [-0.05, 0) is 47.4 Å². The summed E-state index contributed by atoms with van der Waals surface area (Å²) in [6, 6.07) is 13.6. The highest BCUT2D eigenvalue weighted by Gasteiger charge is 2.24. The van der Waals surface area contributed by atoms with Crippen molar-refractivity contribution in [2.24, 2.45) is 5.73 Å². The van der Waals surface area contributed by atoms with Crippen LogP contribution in [0.4, 0.5) is 0 Å². The standard InChI is InChI=1S/C16H20N2O/c1-19-15-7-4-11-8-13(3-2-12(11)9-15)16(10-17)18-14-5-6-14/h2-4,7-9,14,16,18H,5-6,10,17H2,1H3. The lowest BCUT2D eigenvalue weighted by atomic mass is 10.0. The molecule has 0 aliphatic heterocycles. The quantitative estimate of drug-likeness (QED) is 0.864. The van der Waals surface area contributed by atoms with E-state index in [2.05, 4.69) is 35.6 Å². The van der Waals surface area contributed by atoms with Crippen molar-refractivity contribution in [1.29, 1.82) is 0 Å². The van der Waals surface area contributed by atoms with Crippen LogP contribution in [0.1, 0.15) is 24.4 Å². The van der Waals surface area contributed by atoms with E-state index in [0.717, 1.165) is 5.75 Å². The Labute approximate surface area is 113 Å². The summed E-state index contributed by atoms with van der Waals surface area (Å²) in [5.41, 5.74) is 7.16. The molecule has 0 saturated heterocycles. The normalized spacial score (nSPS) is 16.5. The Bertz CT molecular complexity index is 578. The van der Waals surface area contributed by atoms with Gasteiger partial charge in [0.15, 0.2) is 0 Å². The molecule has 3 N–H and O–H groups in total. The molecule has 0 bridgehead atoms. The molecule has 0 heterocycles. The van der Waals surface area contributed by atoms with Crippen molar-refractivity contribution in [2.45, 2.75) is 24.9 Å². The van der Waals surface area contributed by atoms with Gasteiger partial charge in [0.25, 0.3) is 0 Å². The van der Waals surface area contributed by atoms with Crippen molar-refractivity contribution < 1.29 is 4.74 Å². The van der Waals surface area contributed by atoms with E-state index >= 15 is 0 Å². The summed E-state index contributed by atoms with van der Waals surface area (Å²) in [7, 11) is 1.69. The minimum atomic E-state index is 0.263. The summed E-state index contributed by atoms with van der Waals surface area (Å²) in [5.74, 6) is 0.895. The van der Waals surface area contributed by atoms with Crippen LogP contribution in [0, 0.1) is 0 Å². The molecule has 2 aromatic carbocycles. The van der Waals surface area contributed by atoms with Crippen molar-refractivity contribution in [2.75, 3.05) is 13.7 Å². The monoisotopic (exact) mass is 256 g/mol. The highest BCUT2D eigenvalue weighted by Crippen LogP contribution is 2.27. The number of rotatable bonds is 5. The van der Waals surface area contributed by atoms with Crippen LogP contribution in [-0.4, -0.2) is 19.7 Å². The number of methoxy groups -OCH3 is 1. The second kappa shape index (κ2) is 5.19. The van der Waals surface area contributed by atoms with Crippen molar-refractivity contribution >= 4 is 10.8 Å². The number of benzene rings is 2. The predicted octanol–water partition coefficient (Wildman–Crippen LogP) is 2.60. The first-order valence-electron chi connectivity index (χ1n) is 6.84. The maximum absolute atomic E-state index is 5.89. The number of ether oxygens (including phenoxy) is 1. The van der Waals surface area contributed by atoms with Crippen LogP contribution in [0.3, 0.4) is 0 Å². The van der Waals surface area contributed by atoms with Crippen molar-refractivity contribution in [3.63, 3.8) is 0 Å². The molecule has 1 atom stereocenters. The van der Waals surface area contributed by atoms with Gasteiger partial charge >= 0.3 is 0 Å². The SMILES string of the molecule is COc1ccc2cc(C(CN)NC3CC3)ccc2c1. The Morgan fingerprint density at radius 2 is 1.95 bits per heavy atom. The molecule has 19 heavy (non-hydrogen) atoms. The fraction of sp³-hybridized carbons (Fsp3) is 0.375. The largest absolute Gasteiger partial charge is 0.497 e. The molecule has 3 heteroatoms. The molecule has 2 aromatic rings. The number of hydrogen-bond acceptors (Lipinski definition) is 3. The van der Waals surface area contributed by atoms with Crippen molar-refractivity contribution in [1.82, 2.24) is 5.32 Å². The number of nitrogens with two attached hydrogens (primary N) is 1. The molecular formula is C16H20N2O. The van der Waals surface area contributed by atoms with E-state index in [0.29, 0.717) is 12.6 Å². The van der Waals surface area contributed by atoms with Gasteiger partial charge in [-0.3, -0.25) is 0 Å². The molecule has 1 fully saturated rings. The third-order valence-electron chi connectivity index (χ3n) is 3.72. The smallest absolute Gasteiger partial charge is 0.119 e. The molecule has 3 nitrogen and oxygen atoms in total. The summed E-state index contributed by atoms with van der Waals surface area (Å²) >= 11 is 0. The fourth-order valence-corrected chi connectivity index (χ4v) is 2.42. The zero-order valence-corrected chi connectivity index (χ0v) is 11.2. The summed E-state index contributed by atoms with van der Waals surface area (Å²) < 4.78 is 5.25. The van der Waals surface area contributed by atoms with E-state index in [4.69, 9.17) is 10.5 Å². The molecule has 0 amide bonds. The van der Waals surface area contributed by atoms with Crippen LogP contribution in [0.5, 0.6) is 5.75 Å². The van der Waals surface area contributed by atoms with Gasteiger partial charge in [0.05, 0.1) is 7.11 Å². The zero-order valence-electron chi connectivity index (χ0n) is 11.2. The second-order valence-electron chi connectivity index (χ2n) is 5.20. The van der Waals surface area contributed by atoms with E-state index in [1.165, 1.54) is 29.2 Å². The molecule has 3 rings (SSSR count). The fourth-order valence-electron chi connectivity index (χ4n) is 2.42. The first-order valence-corrected chi connectivity index (χ1v) is 6.84. The van der Waals surface area contributed by atoms with E-state index < -0.39 is 0 Å². The average molecular weight is 256 g/mol. The van der Waals surface area contributed by atoms with Gasteiger partial charge in [-0.1, -0.05) is 18.2 Å². The third-order valence-corrected chi connectivity index (χ3v) is 3.72. The zero-order chi connectivity index (χ0) is 13.2. The molecule has 1 unspecified atom stereocenters. The minimum absolute atomic E-state index is 0.263. The molecule has 100 valence electrons. The van der Waals surface area contributed by atoms with Crippen LogP contribution in [-0.2, 0) is 0 Å². The molecular weight excluding hydrogens is 236 g/mol. The lowest BCUT2D eigenvalue weighted by Gasteiger charge is -2.17. The van der Waals surface area contributed by atoms with Crippen molar-refractivity contribution in [3.8, 4) is 5.75 Å². The molecule has 0 radical (unpaired) electrons. The van der Waals surface area contributed by atoms with E-state index in [1.807, 2.05) is 6.07 Å². The van der Waals surface area contributed by atoms with Gasteiger partial charge in [-0.15, -0.1) is 0 Å². The minimum Gasteiger partial charge on any atom is -0.497 e. The maximum Gasteiger partial charge on any atom is 0.119 e. The Morgan fingerprint density at radius 1 is 1.21 bits per heavy atom. The van der Waals surface area contributed by atoms with Gasteiger partial charge in [-0.25, -0.2) is 0 Å². The number of fused-ring (bicyclic) bond motifs is 1. The number of hydrogen-bond donors (Lipinski definition) is 2. The Kier molecular flexibility index (Phi) is 3.40. The van der Waals surface area contributed by atoms with Gasteiger partial charge in [-0.2, -0.15) is 0 Å². The first kappa shape index (κ1) is 12.5. The topological polar surface area (TPSA) is 47.3 Å². The Balaban J connectivity index is 1.91. The molecule has 1 saturated carbocycles. The first-order chi connectivity index (χ1) is 9.30. The summed E-state index contributed by atoms with van der Waals surface area (Å²) in [4.78, 5) is 0. The lowest BCUT2D eigenvalue weighted by molar-refractivity contribution is 0.415. The average Bonchev–Trinajstić information content (AvgIpc) is 3.27. The van der Waals surface area contributed by atoms with Crippen LogP contribution >= 0.6 is 0 Å². The van der Waals surface area contributed by atoms with Gasteiger partial charge < -0.3 is 15.8 Å². The van der Waals surface area contributed by atoms with Gasteiger partial charge in [0.2, 0.25) is 0 Å². The lowest BCUT2D eigenvalue weighted by Crippen LogP contribution is -2.29. The molecule has 0 spiro atoms. The van der Waals surface area contributed by atoms with Gasteiger partial charge in [0, 0.05) is 18.6 Å². The van der Waals surface area contributed by atoms with Crippen LogP contribution in [0.25, 0.3) is 10.8 Å². The third kappa shape index (κ3) is 2.72. The highest BCUT2D eigenvalue weighted by molar-refractivity contribution is 5.84. The molecule has 0 aromatic heterocycles. The Morgan fingerprint density at radius 3 is 2.63 bits per heavy atom. The van der Waals surface area contributed by atoms with Crippen LogP contribution in [0.2, 0.25) is 0 Å². The maximum atomic E-state index is 5.89. The predicted molar refractivity (Wildman–Crippen MR) is 78.5 cm³/mol. The molecule has 1 aliphatic carbocycles. The summed E-state index contributed by atoms with van der Waals surface area (Å²) in [6.45, 7) is 0.637. The molecule has 1 aliphatic rings. The second-order valence-corrected chi connectivity index (χ2v) is 5.20. The van der Waals surface area contributed by atoms with E-state index in [1.54, 1.807) is 7.11 Å². The van der Waals surface area contributed by atoms with Crippen LogP contribution in [0.15, 0.2) is 36.4 Å². The summed E-state index contributed by atoms with van der Waals surface area (Å²) in [5, 5.41) is 6.02.